The van der Waals surface area contributed by atoms with Crippen LogP contribution in [-0.4, -0.2) is 47.6 Å². The first kappa shape index (κ1) is 20.4. The standard InChI is InChI=1S/C20H25NO6/c1-23-10-11-27-15-7-5-6-14(12-15)13-21-20(22)16-8-9-17(24-2)19(26-4)18(16)25-3/h5-9,12H,10-11,13H2,1-4H3,(H,21,22). The maximum Gasteiger partial charge on any atom is 0.255 e. The number of rotatable bonds is 10. The molecule has 0 unspecified atom stereocenters. The summed E-state index contributed by atoms with van der Waals surface area (Å²) in [5.41, 5.74) is 1.28. The molecule has 0 aliphatic rings. The fourth-order valence-corrected chi connectivity index (χ4v) is 2.55. The fourth-order valence-electron chi connectivity index (χ4n) is 2.55. The van der Waals surface area contributed by atoms with E-state index in [0.717, 1.165) is 11.3 Å². The number of hydrogen-bond acceptors (Lipinski definition) is 6. The van der Waals surface area contributed by atoms with E-state index in [1.165, 1.54) is 21.3 Å². The lowest BCUT2D eigenvalue weighted by Gasteiger charge is -2.15. The SMILES string of the molecule is COCCOc1cccc(CNC(=O)c2ccc(OC)c(OC)c2OC)c1. The molecule has 0 aromatic heterocycles. The molecule has 1 N–H and O–H groups in total. The summed E-state index contributed by atoms with van der Waals surface area (Å²) in [6, 6.07) is 10.8. The first-order chi connectivity index (χ1) is 13.1. The minimum absolute atomic E-state index is 0.279. The van der Waals surface area contributed by atoms with E-state index in [0.29, 0.717) is 42.6 Å². The second-order valence-corrected chi connectivity index (χ2v) is 5.55. The van der Waals surface area contributed by atoms with Crippen molar-refractivity contribution in [1.82, 2.24) is 5.32 Å². The molecular formula is C20H25NO6. The molecule has 0 heterocycles. The largest absolute Gasteiger partial charge is 0.493 e. The second-order valence-electron chi connectivity index (χ2n) is 5.55. The highest BCUT2D eigenvalue weighted by Gasteiger charge is 2.20. The zero-order chi connectivity index (χ0) is 19.6. The first-order valence-corrected chi connectivity index (χ1v) is 8.42. The van der Waals surface area contributed by atoms with Gasteiger partial charge in [0.25, 0.3) is 5.91 Å². The Balaban J connectivity index is 2.09. The highest BCUT2D eigenvalue weighted by atomic mass is 16.5. The van der Waals surface area contributed by atoms with Gasteiger partial charge in [0.1, 0.15) is 12.4 Å². The maximum atomic E-state index is 12.6. The van der Waals surface area contributed by atoms with E-state index in [1.54, 1.807) is 19.2 Å². The molecule has 0 saturated carbocycles. The Hall–Kier alpha value is -2.93. The van der Waals surface area contributed by atoms with Crippen LogP contribution < -0.4 is 24.3 Å². The molecule has 0 spiro atoms. The lowest BCUT2D eigenvalue weighted by Crippen LogP contribution is -2.23. The maximum absolute atomic E-state index is 12.6. The quantitative estimate of drug-likeness (QED) is 0.644. The zero-order valence-electron chi connectivity index (χ0n) is 16.0. The number of amides is 1. The van der Waals surface area contributed by atoms with Crippen LogP contribution in [0, 0.1) is 0 Å². The third kappa shape index (κ3) is 5.27. The van der Waals surface area contributed by atoms with Crippen molar-refractivity contribution in [3.05, 3.63) is 47.5 Å². The Labute approximate surface area is 159 Å². The Morgan fingerprint density at radius 1 is 0.926 bits per heavy atom. The number of carbonyl (C=O) groups excluding carboxylic acids is 1. The van der Waals surface area contributed by atoms with E-state index in [2.05, 4.69) is 5.32 Å². The van der Waals surface area contributed by atoms with Gasteiger partial charge in [0.05, 0.1) is 33.5 Å². The normalized spacial score (nSPS) is 10.2. The van der Waals surface area contributed by atoms with Crippen molar-refractivity contribution in [3.8, 4) is 23.0 Å². The Kier molecular flexibility index (Phi) is 7.76. The van der Waals surface area contributed by atoms with Crippen LogP contribution in [0.1, 0.15) is 15.9 Å². The molecule has 2 aromatic carbocycles. The number of hydrogen-bond donors (Lipinski definition) is 1. The van der Waals surface area contributed by atoms with Gasteiger partial charge >= 0.3 is 0 Å². The van der Waals surface area contributed by atoms with E-state index >= 15 is 0 Å². The van der Waals surface area contributed by atoms with Gasteiger partial charge in [-0.15, -0.1) is 0 Å². The molecule has 2 rings (SSSR count). The number of carbonyl (C=O) groups is 1. The van der Waals surface area contributed by atoms with Gasteiger partial charge in [-0.25, -0.2) is 0 Å². The second kappa shape index (κ2) is 10.3. The minimum atomic E-state index is -0.279. The smallest absolute Gasteiger partial charge is 0.255 e. The third-order valence-corrected chi connectivity index (χ3v) is 3.86. The summed E-state index contributed by atoms with van der Waals surface area (Å²) in [5.74, 6) is 1.64. The molecule has 0 aliphatic heterocycles. The molecular weight excluding hydrogens is 350 g/mol. The Bertz CT molecular complexity index is 762. The van der Waals surface area contributed by atoms with E-state index in [-0.39, 0.29) is 5.91 Å². The molecule has 0 bridgehead atoms. The minimum Gasteiger partial charge on any atom is -0.493 e. The predicted octanol–water partition coefficient (Wildman–Crippen LogP) is 2.67. The Morgan fingerprint density at radius 3 is 2.37 bits per heavy atom. The van der Waals surface area contributed by atoms with Crippen LogP contribution >= 0.6 is 0 Å². The molecule has 7 nitrogen and oxygen atoms in total. The monoisotopic (exact) mass is 375 g/mol. The van der Waals surface area contributed by atoms with Crippen LogP contribution in [0.4, 0.5) is 0 Å². The average Bonchev–Trinajstić information content (AvgIpc) is 2.71. The lowest BCUT2D eigenvalue weighted by atomic mass is 10.1. The molecule has 27 heavy (non-hydrogen) atoms. The van der Waals surface area contributed by atoms with Gasteiger partial charge in [-0.2, -0.15) is 0 Å². The van der Waals surface area contributed by atoms with Gasteiger partial charge in [-0.05, 0) is 29.8 Å². The van der Waals surface area contributed by atoms with Gasteiger partial charge in [-0.1, -0.05) is 12.1 Å². The van der Waals surface area contributed by atoms with Crippen molar-refractivity contribution in [3.63, 3.8) is 0 Å². The average molecular weight is 375 g/mol. The fraction of sp³-hybridized carbons (Fsp3) is 0.350. The van der Waals surface area contributed by atoms with E-state index < -0.39 is 0 Å². The number of methoxy groups -OCH3 is 4. The van der Waals surface area contributed by atoms with Gasteiger partial charge in [-0.3, -0.25) is 4.79 Å². The Morgan fingerprint density at radius 2 is 1.70 bits per heavy atom. The molecule has 146 valence electrons. The topological polar surface area (TPSA) is 75.3 Å². The van der Waals surface area contributed by atoms with Gasteiger partial charge in [0, 0.05) is 13.7 Å². The van der Waals surface area contributed by atoms with Crippen molar-refractivity contribution >= 4 is 5.91 Å². The van der Waals surface area contributed by atoms with Crippen LogP contribution in [0.3, 0.4) is 0 Å². The van der Waals surface area contributed by atoms with E-state index in [1.807, 2.05) is 24.3 Å². The number of benzene rings is 2. The summed E-state index contributed by atoms with van der Waals surface area (Å²) in [7, 11) is 6.13. The summed E-state index contributed by atoms with van der Waals surface area (Å²) in [6.07, 6.45) is 0. The summed E-state index contributed by atoms with van der Waals surface area (Å²) >= 11 is 0. The molecule has 0 saturated heterocycles. The van der Waals surface area contributed by atoms with Crippen LogP contribution in [0.15, 0.2) is 36.4 Å². The van der Waals surface area contributed by atoms with E-state index in [4.69, 9.17) is 23.7 Å². The van der Waals surface area contributed by atoms with Crippen molar-refractivity contribution in [2.45, 2.75) is 6.54 Å². The molecule has 7 heteroatoms. The summed E-state index contributed by atoms with van der Waals surface area (Å²) in [4.78, 5) is 12.6. The highest BCUT2D eigenvalue weighted by molar-refractivity contribution is 5.98. The number of ether oxygens (including phenoxy) is 5. The molecule has 2 aromatic rings. The van der Waals surface area contributed by atoms with Crippen molar-refractivity contribution in [2.75, 3.05) is 41.7 Å². The molecule has 0 radical (unpaired) electrons. The molecule has 0 fully saturated rings. The van der Waals surface area contributed by atoms with Crippen molar-refractivity contribution < 1.29 is 28.5 Å². The highest BCUT2D eigenvalue weighted by Crippen LogP contribution is 2.39. The van der Waals surface area contributed by atoms with Crippen molar-refractivity contribution in [1.29, 1.82) is 0 Å². The van der Waals surface area contributed by atoms with Gasteiger partial charge in [0.2, 0.25) is 5.75 Å². The van der Waals surface area contributed by atoms with Gasteiger partial charge < -0.3 is 29.0 Å². The van der Waals surface area contributed by atoms with Crippen molar-refractivity contribution in [2.24, 2.45) is 0 Å². The van der Waals surface area contributed by atoms with Crippen LogP contribution in [0.5, 0.6) is 23.0 Å². The van der Waals surface area contributed by atoms with Crippen LogP contribution in [-0.2, 0) is 11.3 Å². The lowest BCUT2D eigenvalue weighted by molar-refractivity contribution is 0.0947. The van der Waals surface area contributed by atoms with Crippen LogP contribution in [0.25, 0.3) is 0 Å². The third-order valence-electron chi connectivity index (χ3n) is 3.86. The summed E-state index contributed by atoms with van der Waals surface area (Å²) < 4.78 is 26.5. The molecule has 1 amide bonds. The zero-order valence-corrected chi connectivity index (χ0v) is 16.0. The van der Waals surface area contributed by atoms with Gasteiger partial charge in [0.15, 0.2) is 11.5 Å². The van der Waals surface area contributed by atoms with Crippen LogP contribution in [0.2, 0.25) is 0 Å². The van der Waals surface area contributed by atoms with E-state index in [9.17, 15) is 4.79 Å². The molecule has 0 atom stereocenters. The predicted molar refractivity (Wildman–Crippen MR) is 101 cm³/mol. The number of nitrogens with one attached hydrogen (secondary N) is 1. The summed E-state index contributed by atoms with van der Waals surface area (Å²) in [6.45, 7) is 1.33. The first-order valence-electron chi connectivity index (χ1n) is 8.42. The molecule has 0 aliphatic carbocycles. The summed E-state index contributed by atoms with van der Waals surface area (Å²) in [5, 5.41) is 2.88.